The van der Waals surface area contributed by atoms with E-state index in [1.807, 2.05) is 0 Å². The highest BCUT2D eigenvalue weighted by Crippen LogP contribution is 2.58. The molecule has 1 aromatic carbocycles. The van der Waals surface area contributed by atoms with E-state index < -0.39 is 5.97 Å². The second-order valence-electron chi connectivity index (χ2n) is 11.3. The van der Waals surface area contributed by atoms with Gasteiger partial charge in [-0.15, -0.1) is 0 Å². The number of aromatic nitrogens is 4. The molecule has 10 heteroatoms. The van der Waals surface area contributed by atoms with Gasteiger partial charge in [0.1, 0.15) is 11.5 Å². The van der Waals surface area contributed by atoms with Crippen LogP contribution in [-0.2, 0) is 5.41 Å². The van der Waals surface area contributed by atoms with Crippen LogP contribution < -0.4 is 0 Å². The molecule has 1 N–H and O–H groups in total. The van der Waals surface area contributed by atoms with Crippen LogP contribution in [0.1, 0.15) is 84.9 Å². The summed E-state index contributed by atoms with van der Waals surface area (Å²) in [6.07, 6.45) is 15.7. The lowest BCUT2D eigenvalue weighted by Crippen LogP contribution is -2.43. The standard InChI is InChI=1S/C30H26Cl2N4O4/c31-21-15-33-16-22(32)23(21)24-20(25(39-35-24)17-4-5-17)6-7-29-8-11-30(12-9-29,13-10-29)28-34-26(36-40-28)18-2-1-3-19(14-18)27(37)38/h1-3,6-7,14-17H,4-5,8-13H2,(H,37,38)/b7-6+. The van der Waals surface area contributed by atoms with Gasteiger partial charge >= 0.3 is 5.97 Å². The van der Waals surface area contributed by atoms with Crippen molar-refractivity contribution in [3.63, 3.8) is 0 Å². The van der Waals surface area contributed by atoms with Crippen molar-refractivity contribution in [1.29, 1.82) is 0 Å². The molecule has 0 unspecified atom stereocenters. The fourth-order valence-corrected chi connectivity index (χ4v) is 6.87. The molecular weight excluding hydrogens is 551 g/mol. The monoisotopic (exact) mass is 576 g/mol. The first-order valence-corrected chi connectivity index (χ1v) is 14.3. The highest BCUT2D eigenvalue weighted by molar-refractivity contribution is 6.39. The summed E-state index contributed by atoms with van der Waals surface area (Å²) < 4.78 is 11.6. The van der Waals surface area contributed by atoms with Crippen molar-refractivity contribution in [1.82, 2.24) is 20.3 Å². The Bertz CT molecular complexity index is 1610. The molecule has 0 atom stereocenters. The van der Waals surface area contributed by atoms with E-state index in [0.717, 1.165) is 62.7 Å². The second kappa shape index (κ2) is 9.56. The van der Waals surface area contributed by atoms with E-state index in [1.165, 1.54) is 0 Å². The minimum absolute atomic E-state index is 0.0710. The fraction of sp³-hybridized carbons (Fsp3) is 0.367. The van der Waals surface area contributed by atoms with Crippen LogP contribution in [0.5, 0.6) is 0 Å². The number of carbonyl (C=O) groups is 1. The van der Waals surface area contributed by atoms with Crippen LogP contribution in [0.4, 0.5) is 0 Å². The zero-order valence-electron chi connectivity index (χ0n) is 21.6. The Morgan fingerprint density at radius 2 is 1.73 bits per heavy atom. The Kier molecular flexibility index (Phi) is 6.09. The number of carboxylic acids is 1. The molecule has 2 bridgehead atoms. The molecule has 4 fully saturated rings. The third kappa shape index (κ3) is 4.34. The van der Waals surface area contributed by atoms with Gasteiger partial charge in [0, 0.05) is 40.4 Å². The zero-order chi connectivity index (χ0) is 27.5. The lowest BCUT2D eigenvalue weighted by atomic mass is 9.53. The highest BCUT2D eigenvalue weighted by Gasteiger charge is 2.51. The van der Waals surface area contributed by atoms with Gasteiger partial charge in [-0.1, -0.05) is 57.8 Å². The summed E-state index contributed by atoms with van der Waals surface area (Å²) in [5, 5.41) is 18.8. The Hall–Kier alpha value is -3.49. The van der Waals surface area contributed by atoms with Crippen LogP contribution >= 0.6 is 23.2 Å². The molecule has 3 aromatic heterocycles. The molecule has 0 spiro atoms. The van der Waals surface area contributed by atoms with E-state index in [-0.39, 0.29) is 16.4 Å². The Morgan fingerprint density at radius 1 is 1.00 bits per heavy atom. The van der Waals surface area contributed by atoms with Crippen LogP contribution in [0.2, 0.25) is 10.0 Å². The van der Waals surface area contributed by atoms with Gasteiger partial charge in [-0.25, -0.2) is 4.79 Å². The van der Waals surface area contributed by atoms with Gasteiger partial charge in [-0.3, -0.25) is 4.98 Å². The highest BCUT2D eigenvalue weighted by atomic mass is 35.5. The summed E-state index contributed by atoms with van der Waals surface area (Å²) in [6, 6.07) is 6.63. The Balaban J connectivity index is 1.13. The first-order valence-electron chi connectivity index (χ1n) is 13.5. The summed E-state index contributed by atoms with van der Waals surface area (Å²) in [4.78, 5) is 20.2. The smallest absolute Gasteiger partial charge is 0.335 e. The number of aromatic carboxylic acids is 1. The number of carboxylic acid groups (broad SMARTS) is 1. The lowest BCUT2D eigenvalue weighted by molar-refractivity contribution is 0.0569. The van der Waals surface area contributed by atoms with Crippen molar-refractivity contribution < 1.29 is 18.9 Å². The number of hydrogen-bond acceptors (Lipinski definition) is 7. The number of hydrogen-bond donors (Lipinski definition) is 1. The number of nitrogens with zero attached hydrogens (tertiary/aromatic N) is 4. The summed E-state index contributed by atoms with van der Waals surface area (Å²) in [5.41, 5.74) is 3.03. The minimum atomic E-state index is -0.984. The van der Waals surface area contributed by atoms with Crippen LogP contribution in [0.3, 0.4) is 0 Å². The van der Waals surface area contributed by atoms with Crippen LogP contribution in [0.25, 0.3) is 28.7 Å². The van der Waals surface area contributed by atoms with Crippen LogP contribution in [-0.4, -0.2) is 31.4 Å². The number of halogens is 2. The molecule has 4 aliphatic rings. The van der Waals surface area contributed by atoms with Gasteiger partial charge in [-0.2, -0.15) is 4.98 Å². The molecule has 40 heavy (non-hydrogen) atoms. The van der Waals surface area contributed by atoms with Gasteiger partial charge in [0.05, 0.1) is 15.6 Å². The molecule has 4 saturated carbocycles. The predicted molar refractivity (Wildman–Crippen MR) is 149 cm³/mol. The average Bonchev–Trinajstić information content (AvgIpc) is 3.53. The summed E-state index contributed by atoms with van der Waals surface area (Å²) in [5.74, 6) is 1.38. The lowest BCUT2D eigenvalue weighted by Gasteiger charge is -2.50. The van der Waals surface area contributed by atoms with Crippen molar-refractivity contribution in [2.75, 3.05) is 0 Å². The molecule has 8 rings (SSSR count). The van der Waals surface area contributed by atoms with Gasteiger partial charge in [0.25, 0.3) is 0 Å². The van der Waals surface area contributed by atoms with E-state index in [9.17, 15) is 9.90 Å². The molecule has 0 aliphatic heterocycles. The molecule has 4 aromatic rings. The third-order valence-corrected chi connectivity index (χ3v) is 9.52. The van der Waals surface area contributed by atoms with Crippen molar-refractivity contribution in [2.24, 2.45) is 5.41 Å². The van der Waals surface area contributed by atoms with E-state index in [2.05, 4.69) is 27.4 Å². The van der Waals surface area contributed by atoms with Crippen molar-refractivity contribution in [2.45, 2.75) is 62.7 Å². The van der Waals surface area contributed by atoms with Crippen molar-refractivity contribution in [3.8, 4) is 22.6 Å². The number of benzene rings is 1. The summed E-state index contributed by atoms with van der Waals surface area (Å²) >= 11 is 13.0. The molecular formula is C30H26Cl2N4O4. The molecule has 3 heterocycles. The second-order valence-corrected chi connectivity index (χ2v) is 12.2. The number of allylic oxidation sites excluding steroid dienone is 1. The molecule has 4 aliphatic carbocycles. The maximum atomic E-state index is 11.4. The first kappa shape index (κ1) is 25.5. The Labute approximate surface area is 240 Å². The van der Waals surface area contributed by atoms with Gasteiger partial charge in [-0.05, 0) is 68.9 Å². The predicted octanol–water partition coefficient (Wildman–Crippen LogP) is 7.97. The SMILES string of the molecule is O=C(O)c1cccc(-c2noc(C34CCC(/C=C/c5c(-c6c(Cl)cncc6Cl)noc5C5CC5)(CC3)CC4)n2)c1. The molecule has 8 nitrogen and oxygen atoms in total. The quantitative estimate of drug-likeness (QED) is 0.235. The summed E-state index contributed by atoms with van der Waals surface area (Å²) in [7, 11) is 0. The van der Waals surface area contributed by atoms with Gasteiger partial charge in [0.2, 0.25) is 11.7 Å². The number of fused-ring (bicyclic) bond motifs is 3. The van der Waals surface area contributed by atoms with E-state index in [4.69, 9.17) is 37.2 Å². The van der Waals surface area contributed by atoms with Gasteiger partial charge < -0.3 is 14.2 Å². The van der Waals surface area contributed by atoms with Crippen molar-refractivity contribution in [3.05, 3.63) is 75.6 Å². The fourth-order valence-electron chi connectivity index (χ4n) is 6.32. The molecule has 0 amide bonds. The number of pyridine rings is 1. The largest absolute Gasteiger partial charge is 0.478 e. The van der Waals surface area contributed by atoms with Crippen molar-refractivity contribution >= 4 is 35.2 Å². The maximum Gasteiger partial charge on any atom is 0.335 e. The van der Waals surface area contributed by atoms with Crippen LogP contribution in [0, 0.1) is 5.41 Å². The molecule has 204 valence electrons. The Morgan fingerprint density at radius 3 is 2.40 bits per heavy atom. The topological polar surface area (TPSA) is 115 Å². The normalized spacial score (nSPS) is 24.1. The number of rotatable bonds is 7. The average molecular weight is 577 g/mol. The van der Waals surface area contributed by atoms with E-state index in [0.29, 0.717) is 44.5 Å². The minimum Gasteiger partial charge on any atom is -0.478 e. The third-order valence-electron chi connectivity index (χ3n) is 8.95. The maximum absolute atomic E-state index is 11.4. The molecule has 0 radical (unpaired) electrons. The van der Waals surface area contributed by atoms with Gasteiger partial charge in [0.15, 0.2) is 0 Å². The zero-order valence-corrected chi connectivity index (χ0v) is 23.1. The van der Waals surface area contributed by atoms with E-state index in [1.54, 1.807) is 36.7 Å². The summed E-state index contributed by atoms with van der Waals surface area (Å²) in [6.45, 7) is 0. The van der Waals surface area contributed by atoms with Crippen LogP contribution in [0.15, 0.2) is 51.8 Å². The van der Waals surface area contributed by atoms with E-state index >= 15 is 0 Å². The first-order chi connectivity index (χ1) is 19.4. The molecule has 0 saturated heterocycles.